The van der Waals surface area contributed by atoms with Crippen molar-refractivity contribution in [2.75, 3.05) is 0 Å². The molecule has 0 radical (unpaired) electrons. The molecule has 0 bridgehead atoms. The molecule has 146 valence electrons. The van der Waals surface area contributed by atoms with Crippen LogP contribution in [0.4, 0.5) is 4.39 Å². The number of halogens is 2. The van der Waals surface area contributed by atoms with Gasteiger partial charge < -0.3 is 14.4 Å². The molecule has 7 heteroatoms. The van der Waals surface area contributed by atoms with E-state index in [1.54, 1.807) is 48.7 Å². The molecule has 0 aliphatic heterocycles. The van der Waals surface area contributed by atoms with Crippen LogP contribution in [-0.2, 0) is 13.2 Å². The van der Waals surface area contributed by atoms with Gasteiger partial charge in [0.15, 0.2) is 0 Å². The lowest BCUT2D eigenvalue weighted by Gasteiger charge is -2.12. The van der Waals surface area contributed by atoms with E-state index in [1.165, 1.54) is 6.07 Å². The van der Waals surface area contributed by atoms with Gasteiger partial charge in [-0.05, 0) is 42.5 Å². The number of carbonyl (C=O) groups is 1. The maximum absolute atomic E-state index is 14.0. The van der Waals surface area contributed by atoms with Crippen molar-refractivity contribution in [2.24, 2.45) is 0 Å². The third-order valence-electron chi connectivity index (χ3n) is 4.61. The molecule has 0 spiro atoms. The van der Waals surface area contributed by atoms with E-state index in [-0.39, 0.29) is 12.2 Å². The van der Waals surface area contributed by atoms with E-state index in [0.717, 1.165) is 5.52 Å². The van der Waals surface area contributed by atoms with Gasteiger partial charge in [-0.25, -0.2) is 9.18 Å². The third-order valence-corrected chi connectivity index (χ3v) is 4.85. The normalized spacial score (nSPS) is 11.0. The second kappa shape index (κ2) is 7.93. The van der Waals surface area contributed by atoms with Crippen molar-refractivity contribution >= 4 is 28.5 Å². The number of hydrogen-bond donors (Lipinski definition) is 1. The molecule has 1 N–H and O–H groups in total. The lowest BCUT2D eigenvalue weighted by atomic mass is 10.1. The molecule has 2 heterocycles. The van der Waals surface area contributed by atoms with Crippen LogP contribution in [-0.4, -0.2) is 20.6 Å². The SMILES string of the molecule is O=C(O)c1cccc2c1ccn2Cc1ncccc1OCc1ccc(Cl)cc1F. The molecular formula is C22H16ClFN2O3. The predicted octanol–water partition coefficient (Wildman–Crippen LogP) is 5.15. The number of carboxylic acid groups (broad SMARTS) is 1. The van der Waals surface area contributed by atoms with Crippen LogP contribution in [0.1, 0.15) is 21.6 Å². The summed E-state index contributed by atoms with van der Waals surface area (Å²) < 4.78 is 21.7. The van der Waals surface area contributed by atoms with Gasteiger partial charge in [-0.1, -0.05) is 23.7 Å². The summed E-state index contributed by atoms with van der Waals surface area (Å²) in [6.45, 7) is 0.420. The smallest absolute Gasteiger partial charge is 0.336 e. The molecule has 0 unspecified atom stereocenters. The monoisotopic (exact) mass is 410 g/mol. The van der Waals surface area contributed by atoms with Gasteiger partial charge in [-0.2, -0.15) is 0 Å². The van der Waals surface area contributed by atoms with Crippen LogP contribution < -0.4 is 4.74 Å². The van der Waals surface area contributed by atoms with Crippen molar-refractivity contribution in [3.05, 3.63) is 94.7 Å². The highest BCUT2D eigenvalue weighted by Crippen LogP contribution is 2.24. The van der Waals surface area contributed by atoms with Gasteiger partial charge in [0.2, 0.25) is 0 Å². The molecule has 2 aromatic carbocycles. The molecule has 4 aromatic rings. The van der Waals surface area contributed by atoms with Gasteiger partial charge in [0.05, 0.1) is 12.1 Å². The van der Waals surface area contributed by atoms with E-state index >= 15 is 0 Å². The van der Waals surface area contributed by atoms with Crippen LogP contribution in [0.2, 0.25) is 5.02 Å². The van der Waals surface area contributed by atoms with Gasteiger partial charge >= 0.3 is 5.97 Å². The Morgan fingerprint density at radius 1 is 1.17 bits per heavy atom. The Hall–Kier alpha value is -3.38. The van der Waals surface area contributed by atoms with E-state index in [4.69, 9.17) is 16.3 Å². The number of pyridine rings is 1. The third kappa shape index (κ3) is 3.93. The number of rotatable bonds is 6. The number of aromatic carboxylic acids is 1. The Balaban J connectivity index is 1.60. The standard InChI is InChI=1S/C22H16ClFN2O3/c23-15-7-6-14(18(24)11-15)13-29-21-5-2-9-25-19(21)12-26-10-8-16-17(22(27)28)3-1-4-20(16)26/h1-11H,12-13H2,(H,27,28). The minimum atomic E-state index is -0.972. The van der Waals surface area contributed by atoms with Crippen molar-refractivity contribution < 1.29 is 19.0 Å². The Kier molecular flexibility index (Phi) is 5.18. The Bertz CT molecular complexity index is 1210. The number of benzene rings is 2. The highest BCUT2D eigenvalue weighted by molar-refractivity contribution is 6.30. The van der Waals surface area contributed by atoms with Crippen LogP contribution in [0.5, 0.6) is 5.75 Å². The second-order valence-electron chi connectivity index (χ2n) is 6.46. The summed E-state index contributed by atoms with van der Waals surface area (Å²) in [4.78, 5) is 15.8. The fourth-order valence-corrected chi connectivity index (χ4v) is 3.34. The van der Waals surface area contributed by atoms with Crippen LogP contribution in [0.25, 0.3) is 10.9 Å². The summed E-state index contributed by atoms with van der Waals surface area (Å²) >= 11 is 5.79. The van der Waals surface area contributed by atoms with Crippen molar-refractivity contribution in [1.82, 2.24) is 9.55 Å². The maximum atomic E-state index is 14.0. The average molecular weight is 411 g/mol. The molecule has 4 rings (SSSR count). The number of aromatic nitrogens is 2. The molecule has 0 saturated carbocycles. The zero-order valence-corrected chi connectivity index (χ0v) is 15.9. The molecule has 29 heavy (non-hydrogen) atoms. The molecular weight excluding hydrogens is 395 g/mol. The minimum absolute atomic E-state index is 0.0390. The number of ether oxygens (including phenoxy) is 1. The predicted molar refractivity (Wildman–Crippen MR) is 108 cm³/mol. The molecule has 5 nitrogen and oxygen atoms in total. The summed E-state index contributed by atoms with van der Waals surface area (Å²) in [5.41, 5.74) is 2.07. The maximum Gasteiger partial charge on any atom is 0.336 e. The summed E-state index contributed by atoms with van der Waals surface area (Å²) in [7, 11) is 0. The van der Waals surface area contributed by atoms with Crippen molar-refractivity contribution in [1.29, 1.82) is 0 Å². The summed E-state index contributed by atoms with van der Waals surface area (Å²) in [5, 5.41) is 10.3. The number of nitrogens with zero attached hydrogens (tertiary/aromatic N) is 2. The minimum Gasteiger partial charge on any atom is -0.487 e. The van der Waals surface area contributed by atoms with Gasteiger partial charge in [-0.3, -0.25) is 4.98 Å². The van der Waals surface area contributed by atoms with E-state index in [1.807, 2.05) is 16.8 Å². The van der Waals surface area contributed by atoms with Crippen LogP contribution >= 0.6 is 11.6 Å². The summed E-state index contributed by atoms with van der Waals surface area (Å²) in [5.74, 6) is -0.876. The molecule has 0 fully saturated rings. The van der Waals surface area contributed by atoms with Gasteiger partial charge in [0, 0.05) is 33.9 Å². The molecule has 2 aromatic heterocycles. The Morgan fingerprint density at radius 3 is 2.83 bits per heavy atom. The summed E-state index contributed by atoms with van der Waals surface area (Å²) in [6, 6.07) is 14.9. The molecule has 0 saturated heterocycles. The first-order chi connectivity index (χ1) is 14.0. The van der Waals surface area contributed by atoms with Crippen LogP contribution in [0.15, 0.2) is 67.0 Å². The lowest BCUT2D eigenvalue weighted by molar-refractivity contribution is 0.0699. The highest BCUT2D eigenvalue weighted by atomic mass is 35.5. The number of carboxylic acids is 1. The highest BCUT2D eigenvalue weighted by Gasteiger charge is 2.13. The number of hydrogen-bond acceptors (Lipinski definition) is 3. The zero-order chi connectivity index (χ0) is 20.4. The molecule has 0 amide bonds. The van der Waals surface area contributed by atoms with E-state index in [2.05, 4.69) is 4.98 Å². The first-order valence-corrected chi connectivity index (χ1v) is 9.22. The number of fused-ring (bicyclic) bond motifs is 1. The van der Waals surface area contributed by atoms with Crippen molar-refractivity contribution in [2.45, 2.75) is 13.2 Å². The second-order valence-corrected chi connectivity index (χ2v) is 6.90. The van der Waals surface area contributed by atoms with Gasteiger partial charge in [-0.15, -0.1) is 0 Å². The molecule has 0 aliphatic rings. The molecule has 0 atom stereocenters. The van der Waals surface area contributed by atoms with Gasteiger partial charge in [0.1, 0.15) is 23.9 Å². The first-order valence-electron chi connectivity index (χ1n) is 8.84. The van der Waals surface area contributed by atoms with E-state index in [9.17, 15) is 14.3 Å². The van der Waals surface area contributed by atoms with Crippen molar-refractivity contribution in [3.63, 3.8) is 0 Å². The average Bonchev–Trinajstić information content (AvgIpc) is 3.11. The zero-order valence-electron chi connectivity index (χ0n) is 15.2. The lowest BCUT2D eigenvalue weighted by Crippen LogP contribution is -2.06. The van der Waals surface area contributed by atoms with Crippen LogP contribution in [0, 0.1) is 5.82 Å². The Morgan fingerprint density at radius 2 is 2.03 bits per heavy atom. The Labute approximate surface area is 170 Å². The van der Waals surface area contributed by atoms with E-state index < -0.39 is 11.8 Å². The van der Waals surface area contributed by atoms with Gasteiger partial charge in [0.25, 0.3) is 0 Å². The topological polar surface area (TPSA) is 64.3 Å². The molecule has 0 aliphatic carbocycles. The fourth-order valence-electron chi connectivity index (χ4n) is 3.18. The van der Waals surface area contributed by atoms with E-state index in [0.29, 0.717) is 34.0 Å². The van der Waals surface area contributed by atoms with Crippen molar-refractivity contribution in [3.8, 4) is 5.75 Å². The first kappa shape index (κ1) is 19.0. The largest absolute Gasteiger partial charge is 0.487 e. The quantitative estimate of drug-likeness (QED) is 0.477. The van der Waals surface area contributed by atoms with Crippen LogP contribution in [0.3, 0.4) is 0 Å². The fraction of sp³-hybridized carbons (Fsp3) is 0.0909. The summed E-state index contributed by atoms with van der Waals surface area (Å²) in [6.07, 6.45) is 3.47.